The highest BCUT2D eigenvalue weighted by atomic mass is 15.1. The van der Waals surface area contributed by atoms with Gasteiger partial charge in [-0.15, -0.1) is 0 Å². The molecule has 0 aromatic carbocycles. The van der Waals surface area contributed by atoms with Crippen LogP contribution in [0.2, 0.25) is 0 Å². The van der Waals surface area contributed by atoms with Crippen molar-refractivity contribution >= 4 is 0 Å². The molecule has 19 heavy (non-hydrogen) atoms. The Labute approximate surface area is 117 Å². The smallest absolute Gasteiger partial charge is 0.0544 e. The molecule has 1 aromatic rings. The molecule has 0 radical (unpaired) electrons. The number of likely N-dealkylation sites (tertiary alicyclic amines) is 1. The molecule has 1 aromatic heterocycles. The van der Waals surface area contributed by atoms with E-state index in [1.165, 1.54) is 43.6 Å². The van der Waals surface area contributed by atoms with Crippen molar-refractivity contribution in [2.24, 2.45) is 5.92 Å². The number of hydrogen-bond donors (Lipinski definition) is 1. The minimum absolute atomic E-state index is 0.891. The van der Waals surface area contributed by atoms with Crippen LogP contribution in [0.5, 0.6) is 0 Å². The zero-order valence-electron chi connectivity index (χ0n) is 12.4. The summed E-state index contributed by atoms with van der Waals surface area (Å²) in [7, 11) is 0. The van der Waals surface area contributed by atoms with E-state index >= 15 is 0 Å². The van der Waals surface area contributed by atoms with E-state index in [4.69, 9.17) is 0 Å². The maximum atomic E-state index is 4.59. The third-order valence-electron chi connectivity index (χ3n) is 4.03. The summed E-state index contributed by atoms with van der Waals surface area (Å²) in [4.78, 5) is 7.15. The van der Waals surface area contributed by atoms with Gasteiger partial charge in [0.2, 0.25) is 0 Å². The number of hydrogen-bond acceptors (Lipinski definition) is 3. The van der Waals surface area contributed by atoms with Crippen LogP contribution < -0.4 is 5.32 Å². The van der Waals surface area contributed by atoms with Gasteiger partial charge in [0.25, 0.3) is 0 Å². The molecular weight excluding hydrogens is 234 g/mol. The number of pyridine rings is 1. The zero-order valence-corrected chi connectivity index (χ0v) is 12.4. The number of rotatable bonds is 6. The van der Waals surface area contributed by atoms with E-state index in [0.717, 1.165) is 25.6 Å². The van der Waals surface area contributed by atoms with Crippen molar-refractivity contribution in [3.05, 3.63) is 29.6 Å². The first kappa shape index (κ1) is 14.5. The quantitative estimate of drug-likeness (QED) is 0.853. The molecule has 2 heterocycles. The van der Waals surface area contributed by atoms with Crippen LogP contribution >= 0.6 is 0 Å². The minimum atomic E-state index is 0.891. The molecule has 1 unspecified atom stereocenters. The van der Waals surface area contributed by atoms with Gasteiger partial charge in [-0.2, -0.15) is 0 Å². The summed E-state index contributed by atoms with van der Waals surface area (Å²) in [6.07, 6.45) is 6.07. The van der Waals surface area contributed by atoms with Gasteiger partial charge in [0.05, 0.1) is 5.69 Å². The molecule has 0 spiro atoms. The standard InChI is InChI=1S/C16H27N3/c1-3-14-6-5-9-19(12-14)13-16-8-7-15(11-18-16)10-17-4-2/h7-8,11,14,17H,3-6,9-10,12-13H2,1-2H3. The number of piperidine rings is 1. The van der Waals surface area contributed by atoms with Gasteiger partial charge in [-0.3, -0.25) is 9.88 Å². The summed E-state index contributed by atoms with van der Waals surface area (Å²) in [5.41, 5.74) is 2.48. The van der Waals surface area contributed by atoms with E-state index < -0.39 is 0 Å². The summed E-state index contributed by atoms with van der Waals surface area (Å²) < 4.78 is 0. The Balaban J connectivity index is 1.85. The fourth-order valence-electron chi connectivity index (χ4n) is 2.78. The maximum Gasteiger partial charge on any atom is 0.0544 e. The predicted molar refractivity (Wildman–Crippen MR) is 79.9 cm³/mol. The van der Waals surface area contributed by atoms with Gasteiger partial charge in [0.15, 0.2) is 0 Å². The molecule has 106 valence electrons. The summed E-state index contributed by atoms with van der Waals surface area (Å²) in [6, 6.07) is 4.38. The number of aromatic nitrogens is 1. The molecule has 1 aliphatic rings. The topological polar surface area (TPSA) is 28.2 Å². The average molecular weight is 261 g/mol. The first-order valence-corrected chi connectivity index (χ1v) is 7.68. The Morgan fingerprint density at radius 1 is 1.37 bits per heavy atom. The molecule has 1 fully saturated rings. The van der Waals surface area contributed by atoms with E-state index in [1.807, 2.05) is 6.20 Å². The molecule has 1 saturated heterocycles. The van der Waals surface area contributed by atoms with Crippen molar-refractivity contribution in [3.63, 3.8) is 0 Å². The summed E-state index contributed by atoms with van der Waals surface area (Å²) in [5.74, 6) is 0.891. The highest BCUT2D eigenvalue weighted by molar-refractivity contribution is 5.14. The predicted octanol–water partition coefficient (Wildman–Crippen LogP) is 2.81. The van der Waals surface area contributed by atoms with Crippen LogP contribution in [-0.2, 0) is 13.1 Å². The number of nitrogens with one attached hydrogen (secondary N) is 1. The minimum Gasteiger partial charge on any atom is -0.313 e. The lowest BCUT2D eigenvalue weighted by Crippen LogP contribution is -2.34. The van der Waals surface area contributed by atoms with Gasteiger partial charge in [-0.1, -0.05) is 26.3 Å². The second-order valence-electron chi connectivity index (χ2n) is 5.59. The molecule has 2 rings (SSSR count). The van der Waals surface area contributed by atoms with Crippen LogP contribution in [0.3, 0.4) is 0 Å². The van der Waals surface area contributed by atoms with Gasteiger partial charge in [-0.05, 0) is 43.5 Å². The van der Waals surface area contributed by atoms with E-state index in [9.17, 15) is 0 Å². The van der Waals surface area contributed by atoms with Crippen LogP contribution in [-0.4, -0.2) is 29.5 Å². The Bertz CT molecular complexity index is 361. The Kier molecular flexibility index (Phi) is 5.80. The van der Waals surface area contributed by atoms with Gasteiger partial charge < -0.3 is 5.32 Å². The lowest BCUT2D eigenvalue weighted by atomic mass is 9.95. The third kappa shape index (κ3) is 4.59. The lowest BCUT2D eigenvalue weighted by molar-refractivity contribution is 0.163. The van der Waals surface area contributed by atoms with E-state index in [0.29, 0.717) is 0 Å². The van der Waals surface area contributed by atoms with Crippen LogP contribution in [0.15, 0.2) is 18.3 Å². The van der Waals surface area contributed by atoms with Crippen molar-refractivity contribution in [1.82, 2.24) is 15.2 Å². The summed E-state index contributed by atoms with van der Waals surface area (Å²) >= 11 is 0. The Hall–Kier alpha value is -0.930. The average Bonchev–Trinajstić information content (AvgIpc) is 2.47. The van der Waals surface area contributed by atoms with Gasteiger partial charge in [0, 0.05) is 25.8 Å². The number of nitrogens with zero attached hydrogens (tertiary/aromatic N) is 2. The third-order valence-corrected chi connectivity index (χ3v) is 4.03. The molecule has 0 saturated carbocycles. The second kappa shape index (κ2) is 7.61. The Morgan fingerprint density at radius 2 is 2.26 bits per heavy atom. The zero-order chi connectivity index (χ0) is 13.5. The monoisotopic (exact) mass is 261 g/mol. The lowest BCUT2D eigenvalue weighted by Gasteiger charge is -2.31. The molecule has 1 aliphatic heterocycles. The van der Waals surface area contributed by atoms with Crippen molar-refractivity contribution in [1.29, 1.82) is 0 Å². The molecular formula is C16H27N3. The van der Waals surface area contributed by atoms with Crippen LogP contribution in [0, 0.1) is 5.92 Å². The molecule has 0 amide bonds. The second-order valence-corrected chi connectivity index (χ2v) is 5.59. The van der Waals surface area contributed by atoms with Gasteiger partial charge >= 0.3 is 0 Å². The van der Waals surface area contributed by atoms with Gasteiger partial charge in [-0.25, -0.2) is 0 Å². The fraction of sp³-hybridized carbons (Fsp3) is 0.688. The first-order valence-electron chi connectivity index (χ1n) is 7.68. The normalized spacial score (nSPS) is 20.6. The highest BCUT2D eigenvalue weighted by Crippen LogP contribution is 2.20. The van der Waals surface area contributed by atoms with Gasteiger partial charge in [0.1, 0.15) is 0 Å². The van der Waals surface area contributed by atoms with Crippen molar-refractivity contribution in [3.8, 4) is 0 Å². The SMILES string of the molecule is CCNCc1ccc(CN2CCCC(CC)C2)nc1. The highest BCUT2D eigenvalue weighted by Gasteiger charge is 2.18. The van der Waals surface area contributed by atoms with Crippen LogP contribution in [0.25, 0.3) is 0 Å². The Morgan fingerprint density at radius 3 is 2.95 bits per heavy atom. The van der Waals surface area contributed by atoms with Crippen LogP contribution in [0.1, 0.15) is 44.4 Å². The fourth-order valence-corrected chi connectivity index (χ4v) is 2.78. The molecule has 1 atom stereocenters. The van der Waals surface area contributed by atoms with Crippen molar-refractivity contribution in [2.45, 2.75) is 46.2 Å². The van der Waals surface area contributed by atoms with Crippen molar-refractivity contribution < 1.29 is 0 Å². The maximum absolute atomic E-state index is 4.59. The molecule has 3 nitrogen and oxygen atoms in total. The van der Waals surface area contributed by atoms with Crippen LogP contribution in [0.4, 0.5) is 0 Å². The first-order chi connectivity index (χ1) is 9.31. The molecule has 0 bridgehead atoms. The molecule has 3 heteroatoms. The molecule has 0 aliphatic carbocycles. The summed E-state index contributed by atoms with van der Waals surface area (Å²) in [6.45, 7) is 9.86. The molecule has 1 N–H and O–H groups in total. The van der Waals surface area contributed by atoms with E-state index in [2.05, 4.69) is 41.2 Å². The van der Waals surface area contributed by atoms with Crippen molar-refractivity contribution in [2.75, 3.05) is 19.6 Å². The summed E-state index contributed by atoms with van der Waals surface area (Å²) in [5, 5.41) is 3.33. The largest absolute Gasteiger partial charge is 0.313 e. The van der Waals surface area contributed by atoms with E-state index in [1.54, 1.807) is 0 Å². The van der Waals surface area contributed by atoms with E-state index in [-0.39, 0.29) is 0 Å².